The summed E-state index contributed by atoms with van der Waals surface area (Å²) < 4.78 is 1.90. The standard InChI is InChI=1S/C21H23N5OS/c27-20(18-8-10-26(25-18)17-5-2-9-22-12-17)24-21-23-19(13-28-21)16-7-6-14-3-1-4-15(14)11-16/h6-8,10-11,13,17,22H,1-5,9,12H2,(H,23,24,27). The number of piperidine rings is 1. The number of amides is 1. The normalized spacial score (nSPS) is 18.8. The van der Waals surface area contributed by atoms with E-state index in [1.54, 1.807) is 6.07 Å². The van der Waals surface area contributed by atoms with Crippen molar-refractivity contribution in [1.29, 1.82) is 0 Å². The predicted molar refractivity (Wildman–Crippen MR) is 111 cm³/mol. The highest BCUT2D eigenvalue weighted by Crippen LogP contribution is 2.30. The van der Waals surface area contributed by atoms with Gasteiger partial charge in [0.2, 0.25) is 0 Å². The second-order valence-corrected chi connectivity index (χ2v) is 8.37. The molecular weight excluding hydrogens is 370 g/mol. The van der Waals surface area contributed by atoms with Gasteiger partial charge >= 0.3 is 0 Å². The molecule has 1 unspecified atom stereocenters. The topological polar surface area (TPSA) is 71.8 Å². The zero-order chi connectivity index (χ0) is 18.9. The van der Waals surface area contributed by atoms with Crippen LogP contribution in [0.1, 0.15) is 46.9 Å². The Hall–Kier alpha value is -2.51. The Kier molecular flexibility index (Phi) is 4.70. The number of carbonyl (C=O) groups is 1. The molecule has 1 aromatic carbocycles. The van der Waals surface area contributed by atoms with Crippen molar-refractivity contribution >= 4 is 22.4 Å². The number of nitrogens with zero attached hydrogens (tertiary/aromatic N) is 3. The first-order valence-electron chi connectivity index (χ1n) is 9.91. The molecule has 7 heteroatoms. The largest absolute Gasteiger partial charge is 0.315 e. The summed E-state index contributed by atoms with van der Waals surface area (Å²) in [6.45, 7) is 1.96. The molecule has 1 atom stereocenters. The maximum absolute atomic E-state index is 12.6. The lowest BCUT2D eigenvalue weighted by molar-refractivity contribution is 0.102. The van der Waals surface area contributed by atoms with E-state index in [9.17, 15) is 4.79 Å². The van der Waals surface area contributed by atoms with Crippen molar-refractivity contribution in [2.24, 2.45) is 0 Å². The van der Waals surface area contributed by atoms with Crippen LogP contribution in [0, 0.1) is 0 Å². The molecular formula is C21H23N5OS. The Labute approximate surface area is 168 Å². The Morgan fingerprint density at radius 2 is 2.14 bits per heavy atom. The Morgan fingerprint density at radius 3 is 3.04 bits per heavy atom. The highest BCUT2D eigenvalue weighted by Gasteiger charge is 2.19. The van der Waals surface area contributed by atoms with Gasteiger partial charge in [0.25, 0.3) is 5.91 Å². The number of rotatable bonds is 4. The molecule has 3 heterocycles. The number of fused-ring (bicyclic) bond motifs is 1. The van der Waals surface area contributed by atoms with Crippen LogP contribution >= 0.6 is 11.3 Å². The highest BCUT2D eigenvalue weighted by molar-refractivity contribution is 7.14. The fourth-order valence-corrected chi connectivity index (χ4v) is 4.79. The molecule has 0 spiro atoms. The van der Waals surface area contributed by atoms with Crippen molar-refractivity contribution in [3.05, 3.63) is 52.7 Å². The average molecular weight is 394 g/mol. The van der Waals surface area contributed by atoms with Crippen LogP contribution in [0.5, 0.6) is 0 Å². The van der Waals surface area contributed by atoms with Gasteiger partial charge in [0.1, 0.15) is 0 Å². The summed E-state index contributed by atoms with van der Waals surface area (Å²) in [4.78, 5) is 17.2. The van der Waals surface area contributed by atoms with Gasteiger partial charge in [-0.05, 0) is 61.9 Å². The van der Waals surface area contributed by atoms with Crippen LogP contribution in [0.4, 0.5) is 5.13 Å². The van der Waals surface area contributed by atoms with Gasteiger partial charge < -0.3 is 5.32 Å². The molecule has 1 saturated heterocycles. The molecule has 144 valence electrons. The van der Waals surface area contributed by atoms with Crippen molar-refractivity contribution < 1.29 is 4.79 Å². The molecule has 5 rings (SSSR count). The number of thiazole rings is 1. The van der Waals surface area contributed by atoms with Gasteiger partial charge in [-0.1, -0.05) is 12.1 Å². The lowest BCUT2D eigenvalue weighted by Crippen LogP contribution is -2.32. The van der Waals surface area contributed by atoms with Crippen molar-refractivity contribution in [2.45, 2.75) is 38.1 Å². The van der Waals surface area contributed by atoms with Crippen molar-refractivity contribution in [2.75, 3.05) is 18.4 Å². The van der Waals surface area contributed by atoms with Gasteiger partial charge in [-0.2, -0.15) is 5.10 Å². The first-order valence-corrected chi connectivity index (χ1v) is 10.8. The number of nitrogens with one attached hydrogen (secondary N) is 2. The molecule has 2 aliphatic rings. The van der Waals surface area contributed by atoms with E-state index in [1.165, 1.54) is 35.3 Å². The first-order chi connectivity index (χ1) is 13.8. The summed E-state index contributed by atoms with van der Waals surface area (Å²) in [6.07, 6.45) is 7.68. The lowest BCUT2D eigenvalue weighted by atomic mass is 10.1. The minimum absolute atomic E-state index is 0.211. The van der Waals surface area contributed by atoms with Crippen LogP contribution in [0.25, 0.3) is 11.3 Å². The molecule has 1 aliphatic heterocycles. The van der Waals surface area contributed by atoms with Gasteiger partial charge in [0, 0.05) is 23.7 Å². The second kappa shape index (κ2) is 7.48. The van der Waals surface area contributed by atoms with E-state index in [0.29, 0.717) is 16.9 Å². The molecule has 6 nitrogen and oxygen atoms in total. The summed E-state index contributed by atoms with van der Waals surface area (Å²) in [5, 5.41) is 13.3. The van der Waals surface area contributed by atoms with E-state index in [0.717, 1.165) is 43.6 Å². The third kappa shape index (κ3) is 3.47. The lowest BCUT2D eigenvalue weighted by Gasteiger charge is -2.22. The molecule has 1 aliphatic carbocycles. The Bertz CT molecular complexity index is 1000. The Balaban J connectivity index is 1.28. The monoisotopic (exact) mass is 393 g/mol. The zero-order valence-corrected chi connectivity index (χ0v) is 16.5. The molecule has 2 N–H and O–H groups in total. The number of hydrogen-bond acceptors (Lipinski definition) is 5. The number of carbonyl (C=O) groups excluding carboxylic acids is 1. The minimum atomic E-state index is -0.211. The molecule has 3 aromatic rings. The third-order valence-electron chi connectivity index (χ3n) is 5.60. The number of anilines is 1. The molecule has 0 saturated carbocycles. The number of benzene rings is 1. The summed E-state index contributed by atoms with van der Waals surface area (Å²) >= 11 is 1.45. The quantitative estimate of drug-likeness (QED) is 0.709. The highest BCUT2D eigenvalue weighted by atomic mass is 32.1. The molecule has 1 fully saturated rings. The van der Waals surface area contributed by atoms with Gasteiger partial charge in [0.05, 0.1) is 11.7 Å². The molecule has 1 amide bonds. The molecule has 0 bridgehead atoms. The summed E-state index contributed by atoms with van der Waals surface area (Å²) in [5.74, 6) is -0.211. The van der Waals surface area contributed by atoms with Crippen LogP contribution in [0.3, 0.4) is 0 Å². The van der Waals surface area contributed by atoms with Crippen molar-refractivity contribution in [1.82, 2.24) is 20.1 Å². The fraction of sp³-hybridized carbons (Fsp3) is 0.381. The summed E-state index contributed by atoms with van der Waals surface area (Å²) in [5.41, 5.74) is 5.34. The smallest absolute Gasteiger partial charge is 0.277 e. The number of hydrogen-bond donors (Lipinski definition) is 2. The molecule has 28 heavy (non-hydrogen) atoms. The van der Waals surface area contributed by atoms with E-state index in [2.05, 4.69) is 38.9 Å². The third-order valence-corrected chi connectivity index (χ3v) is 6.36. The van der Waals surface area contributed by atoms with E-state index in [4.69, 9.17) is 0 Å². The van der Waals surface area contributed by atoms with E-state index in [1.807, 2.05) is 16.3 Å². The minimum Gasteiger partial charge on any atom is -0.315 e. The first kappa shape index (κ1) is 17.6. The predicted octanol–water partition coefficient (Wildman–Crippen LogP) is 3.67. The second-order valence-electron chi connectivity index (χ2n) is 7.51. The summed E-state index contributed by atoms with van der Waals surface area (Å²) in [7, 11) is 0. The van der Waals surface area contributed by atoms with Gasteiger partial charge in [-0.3, -0.25) is 14.8 Å². The van der Waals surface area contributed by atoms with Crippen LogP contribution in [0.2, 0.25) is 0 Å². The van der Waals surface area contributed by atoms with E-state index in [-0.39, 0.29) is 5.91 Å². The maximum Gasteiger partial charge on any atom is 0.277 e. The van der Waals surface area contributed by atoms with Gasteiger partial charge in [-0.15, -0.1) is 11.3 Å². The van der Waals surface area contributed by atoms with Crippen molar-refractivity contribution in [3.63, 3.8) is 0 Å². The van der Waals surface area contributed by atoms with Crippen LogP contribution in [0.15, 0.2) is 35.8 Å². The number of aromatic nitrogens is 3. The Morgan fingerprint density at radius 1 is 1.21 bits per heavy atom. The van der Waals surface area contributed by atoms with E-state index >= 15 is 0 Å². The van der Waals surface area contributed by atoms with Crippen LogP contribution in [-0.2, 0) is 12.8 Å². The molecule has 2 aromatic heterocycles. The fourth-order valence-electron chi connectivity index (χ4n) is 4.08. The van der Waals surface area contributed by atoms with E-state index < -0.39 is 0 Å². The average Bonchev–Trinajstić information content (AvgIpc) is 3.48. The van der Waals surface area contributed by atoms with Crippen LogP contribution < -0.4 is 10.6 Å². The van der Waals surface area contributed by atoms with Gasteiger partial charge in [0.15, 0.2) is 10.8 Å². The molecule has 0 radical (unpaired) electrons. The van der Waals surface area contributed by atoms with Crippen molar-refractivity contribution in [3.8, 4) is 11.3 Å². The zero-order valence-electron chi connectivity index (χ0n) is 15.6. The SMILES string of the molecule is O=C(Nc1nc(-c2ccc3c(c2)CCC3)cs1)c1ccn(C2CCCNC2)n1. The number of aryl methyl sites for hydroxylation is 2. The maximum atomic E-state index is 12.6. The summed E-state index contributed by atoms with van der Waals surface area (Å²) in [6, 6.07) is 8.68. The van der Waals surface area contributed by atoms with Gasteiger partial charge in [-0.25, -0.2) is 4.98 Å². The van der Waals surface area contributed by atoms with Crippen LogP contribution in [-0.4, -0.2) is 33.8 Å².